The Hall–Kier alpha value is -3.51. The normalized spacial score (nSPS) is 16.1. The highest BCUT2D eigenvalue weighted by molar-refractivity contribution is 7.90. The first-order valence-corrected chi connectivity index (χ1v) is 13.8. The van der Waals surface area contributed by atoms with Crippen molar-refractivity contribution in [3.05, 3.63) is 106 Å². The maximum Gasteiger partial charge on any atom is 0.246 e. The van der Waals surface area contributed by atoms with Crippen LogP contribution in [-0.2, 0) is 27.5 Å². The molecule has 0 bridgehead atoms. The van der Waals surface area contributed by atoms with Crippen molar-refractivity contribution in [1.29, 1.82) is 0 Å². The largest absolute Gasteiger partial charge is 0.339 e. The van der Waals surface area contributed by atoms with Crippen molar-refractivity contribution in [2.75, 3.05) is 19.3 Å². The molecule has 35 heavy (non-hydrogen) atoms. The van der Waals surface area contributed by atoms with E-state index in [2.05, 4.69) is 6.07 Å². The zero-order valence-electron chi connectivity index (χ0n) is 19.8. The molecule has 1 aromatic heterocycles. The summed E-state index contributed by atoms with van der Waals surface area (Å²) in [5, 5.41) is 0. The molecular formula is C29H28N2O3S. The molecule has 0 atom stereocenters. The highest BCUT2D eigenvalue weighted by Crippen LogP contribution is 2.38. The maximum absolute atomic E-state index is 12.8. The van der Waals surface area contributed by atoms with E-state index < -0.39 is 9.84 Å². The van der Waals surface area contributed by atoms with Gasteiger partial charge in [0.05, 0.1) is 10.6 Å². The summed E-state index contributed by atoms with van der Waals surface area (Å²) in [6.07, 6.45) is 9.70. The van der Waals surface area contributed by atoms with Crippen LogP contribution in [0.25, 0.3) is 11.6 Å². The summed E-state index contributed by atoms with van der Waals surface area (Å²) in [6.45, 7) is 1.30. The smallest absolute Gasteiger partial charge is 0.246 e. The van der Waals surface area contributed by atoms with Crippen LogP contribution in [0.15, 0.2) is 83.4 Å². The molecule has 2 aromatic carbocycles. The first kappa shape index (κ1) is 23.2. The van der Waals surface area contributed by atoms with Crippen LogP contribution in [0.3, 0.4) is 0 Å². The fourth-order valence-corrected chi connectivity index (χ4v) is 5.63. The second-order valence-corrected chi connectivity index (χ2v) is 11.2. The Bertz CT molecular complexity index is 1430. The molecule has 1 aliphatic heterocycles. The zero-order chi connectivity index (χ0) is 24.4. The average molecular weight is 485 g/mol. The molecule has 1 fully saturated rings. The number of aromatic nitrogens is 1. The Morgan fingerprint density at radius 1 is 0.914 bits per heavy atom. The lowest BCUT2D eigenvalue weighted by atomic mass is 9.88. The summed E-state index contributed by atoms with van der Waals surface area (Å²) >= 11 is 0. The molecule has 3 aromatic rings. The van der Waals surface area contributed by atoms with E-state index >= 15 is 0 Å². The van der Waals surface area contributed by atoms with Crippen molar-refractivity contribution < 1.29 is 13.2 Å². The lowest BCUT2D eigenvalue weighted by Crippen LogP contribution is -2.35. The van der Waals surface area contributed by atoms with E-state index in [1.165, 1.54) is 17.4 Å². The number of hydrogen-bond acceptors (Lipinski definition) is 4. The Kier molecular flexibility index (Phi) is 6.39. The first-order valence-electron chi connectivity index (χ1n) is 11.9. The first-order chi connectivity index (χ1) is 16.9. The molecule has 178 valence electrons. The second kappa shape index (κ2) is 9.62. The maximum atomic E-state index is 12.8. The van der Waals surface area contributed by atoms with Gasteiger partial charge in [-0.05, 0) is 72.2 Å². The number of sulfone groups is 1. The summed E-state index contributed by atoms with van der Waals surface area (Å²) < 4.78 is 24.4. The Morgan fingerprint density at radius 2 is 1.66 bits per heavy atom. The minimum Gasteiger partial charge on any atom is -0.339 e. The van der Waals surface area contributed by atoms with Crippen LogP contribution < -0.4 is 0 Å². The zero-order valence-corrected chi connectivity index (χ0v) is 20.6. The minimum atomic E-state index is -3.28. The summed E-state index contributed by atoms with van der Waals surface area (Å²) in [7, 11) is -3.28. The topological polar surface area (TPSA) is 67.3 Å². The molecule has 0 radical (unpaired) electrons. The standard InChI is InChI=1S/C29H28N2O3S/c1-35(33,34)25-12-13-26-24(20-25)11-10-23-8-5-17-30-29(23)28(26)22-15-18-31(19-16-22)27(32)14-9-21-6-3-2-4-7-21/h2-9,12-14,17,20H,10-11,15-16,18-19H2,1H3. The Labute approximate surface area is 206 Å². The fourth-order valence-electron chi connectivity index (χ4n) is 4.96. The van der Waals surface area contributed by atoms with Gasteiger partial charge in [-0.2, -0.15) is 0 Å². The Balaban J connectivity index is 1.46. The molecule has 1 amide bonds. The molecule has 1 saturated heterocycles. The van der Waals surface area contributed by atoms with Gasteiger partial charge in [0, 0.05) is 37.2 Å². The number of fused-ring (bicyclic) bond motifs is 2. The number of carbonyl (C=O) groups is 1. The number of carbonyl (C=O) groups excluding carboxylic acids is 1. The summed E-state index contributed by atoms with van der Waals surface area (Å²) in [5.41, 5.74) is 7.66. The molecular weight excluding hydrogens is 456 g/mol. The van der Waals surface area contributed by atoms with Gasteiger partial charge >= 0.3 is 0 Å². The van der Waals surface area contributed by atoms with Crippen molar-refractivity contribution >= 4 is 27.4 Å². The summed E-state index contributed by atoms with van der Waals surface area (Å²) in [5.74, 6) is 0.0236. The summed E-state index contributed by atoms with van der Waals surface area (Å²) in [4.78, 5) is 19.8. The average Bonchev–Trinajstić information content (AvgIpc) is 3.04. The molecule has 0 unspecified atom stereocenters. The van der Waals surface area contributed by atoms with E-state index in [-0.39, 0.29) is 5.91 Å². The van der Waals surface area contributed by atoms with Crippen molar-refractivity contribution in [2.45, 2.75) is 30.6 Å². The molecule has 0 spiro atoms. The number of nitrogens with zero attached hydrogens (tertiary/aromatic N) is 2. The lowest BCUT2D eigenvalue weighted by Gasteiger charge is -2.29. The number of rotatable bonds is 3. The number of hydrogen-bond donors (Lipinski definition) is 0. The highest BCUT2D eigenvalue weighted by Gasteiger charge is 2.26. The van der Waals surface area contributed by atoms with E-state index in [0.29, 0.717) is 18.0 Å². The molecule has 6 heteroatoms. The van der Waals surface area contributed by atoms with Crippen LogP contribution in [0.1, 0.15) is 40.8 Å². The van der Waals surface area contributed by atoms with Crippen molar-refractivity contribution in [3.8, 4) is 0 Å². The van der Waals surface area contributed by atoms with Crippen molar-refractivity contribution in [1.82, 2.24) is 9.88 Å². The SMILES string of the molecule is CS(=O)(=O)c1ccc2c(c1)CCc1cccnc1C2=C1CCN(C(=O)C=Cc2ccccc2)CC1. The van der Waals surface area contributed by atoms with Crippen LogP contribution in [0.5, 0.6) is 0 Å². The minimum absolute atomic E-state index is 0.0236. The molecule has 1 aliphatic carbocycles. The van der Waals surface area contributed by atoms with Crippen LogP contribution in [0.4, 0.5) is 0 Å². The van der Waals surface area contributed by atoms with Crippen molar-refractivity contribution in [2.24, 2.45) is 0 Å². The third kappa shape index (κ3) is 4.98. The molecule has 0 N–H and O–H groups in total. The highest BCUT2D eigenvalue weighted by atomic mass is 32.2. The molecule has 0 saturated carbocycles. The number of pyridine rings is 1. The molecule has 5 rings (SSSR count). The van der Waals surface area contributed by atoms with Gasteiger partial charge in [0.15, 0.2) is 9.84 Å². The van der Waals surface area contributed by atoms with Crippen LogP contribution in [0, 0.1) is 0 Å². The number of likely N-dealkylation sites (tertiary alicyclic amines) is 1. The predicted molar refractivity (Wildman–Crippen MR) is 139 cm³/mol. The van der Waals surface area contributed by atoms with E-state index in [4.69, 9.17) is 4.98 Å². The third-order valence-corrected chi connectivity index (χ3v) is 7.93. The van der Waals surface area contributed by atoms with Crippen LogP contribution >= 0.6 is 0 Å². The van der Waals surface area contributed by atoms with Crippen molar-refractivity contribution in [3.63, 3.8) is 0 Å². The lowest BCUT2D eigenvalue weighted by molar-refractivity contribution is -0.126. The third-order valence-electron chi connectivity index (χ3n) is 6.82. The van der Waals surface area contributed by atoms with Gasteiger partial charge in [-0.15, -0.1) is 0 Å². The van der Waals surface area contributed by atoms with E-state index in [9.17, 15) is 13.2 Å². The van der Waals surface area contributed by atoms with Gasteiger partial charge in [0.25, 0.3) is 0 Å². The molecule has 2 aliphatic rings. The van der Waals surface area contributed by atoms with Gasteiger partial charge in [-0.3, -0.25) is 9.78 Å². The molecule has 5 nitrogen and oxygen atoms in total. The predicted octanol–water partition coefficient (Wildman–Crippen LogP) is 4.72. The number of aryl methyl sites for hydroxylation is 2. The Morgan fingerprint density at radius 3 is 2.40 bits per heavy atom. The number of piperidine rings is 1. The number of benzene rings is 2. The molecule has 2 heterocycles. The van der Waals surface area contributed by atoms with E-state index in [0.717, 1.165) is 53.6 Å². The monoisotopic (exact) mass is 484 g/mol. The van der Waals surface area contributed by atoms with Crippen LogP contribution in [-0.4, -0.2) is 43.6 Å². The van der Waals surface area contributed by atoms with E-state index in [1.54, 1.807) is 12.1 Å². The van der Waals surface area contributed by atoms with Gasteiger partial charge in [0.1, 0.15) is 0 Å². The number of amides is 1. The van der Waals surface area contributed by atoms with Gasteiger partial charge in [0.2, 0.25) is 5.91 Å². The van der Waals surface area contributed by atoms with Crippen LogP contribution in [0.2, 0.25) is 0 Å². The quantitative estimate of drug-likeness (QED) is 0.505. The van der Waals surface area contributed by atoms with E-state index in [1.807, 2.05) is 65.7 Å². The fraction of sp³-hybridized carbons (Fsp3) is 0.241. The summed E-state index contributed by atoms with van der Waals surface area (Å²) in [6, 6.07) is 19.4. The second-order valence-electron chi connectivity index (χ2n) is 9.15. The van der Waals surface area contributed by atoms with Gasteiger partial charge in [-0.25, -0.2) is 8.42 Å². The van der Waals surface area contributed by atoms with Gasteiger partial charge in [-0.1, -0.05) is 48.0 Å². The van der Waals surface area contributed by atoms with Gasteiger partial charge < -0.3 is 4.90 Å².